The van der Waals surface area contributed by atoms with Crippen molar-refractivity contribution in [1.29, 1.82) is 0 Å². The molecule has 0 amide bonds. The molecule has 2 aromatic rings. The van der Waals surface area contributed by atoms with Crippen molar-refractivity contribution >= 4 is 0 Å². The summed E-state index contributed by atoms with van der Waals surface area (Å²) in [5.74, 6) is 0. The third-order valence-corrected chi connectivity index (χ3v) is 3.57. The number of nitrogens with zero attached hydrogens (tertiary/aromatic N) is 3. The Labute approximate surface area is 112 Å². The van der Waals surface area contributed by atoms with Crippen molar-refractivity contribution in [3.63, 3.8) is 0 Å². The van der Waals surface area contributed by atoms with Gasteiger partial charge in [-0.1, -0.05) is 30.3 Å². The molecule has 0 bridgehead atoms. The Kier molecular flexibility index (Phi) is 3.53. The van der Waals surface area contributed by atoms with E-state index in [1.165, 1.54) is 5.56 Å². The van der Waals surface area contributed by atoms with Crippen LogP contribution in [0.3, 0.4) is 0 Å². The maximum absolute atomic E-state index is 9.29. The van der Waals surface area contributed by atoms with E-state index >= 15 is 0 Å². The summed E-state index contributed by atoms with van der Waals surface area (Å²) >= 11 is 0. The molecule has 1 N–H and O–H groups in total. The topological polar surface area (TPSA) is 49.3 Å². The number of fused-ring (bicyclic) bond motifs is 1. The Bertz CT molecular complexity index is 557. The average Bonchev–Trinajstić information content (AvgIpc) is 2.47. The predicted molar refractivity (Wildman–Crippen MR) is 72.2 cm³/mol. The first-order valence-electron chi connectivity index (χ1n) is 6.55. The summed E-state index contributed by atoms with van der Waals surface area (Å²) in [5.41, 5.74) is 4.29. The second kappa shape index (κ2) is 5.47. The quantitative estimate of drug-likeness (QED) is 0.903. The minimum atomic E-state index is 0.00351. The summed E-state index contributed by atoms with van der Waals surface area (Å²) in [7, 11) is 0. The molecule has 3 rings (SSSR count). The standard InChI is InChI=1S/C15H17N3O/c19-10-15-13-6-7-18(9-14(13)16-11-17-15)8-12-4-2-1-3-5-12/h1-5,11,19H,6-10H2. The van der Waals surface area contributed by atoms with E-state index in [9.17, 15) is 5.11 Å². The summed E-state index contributed by atoms with van der Waals surface area (Å²) in [6.45, 7) is 2.77. The van der Waals surface area contributed by atoms with Crippen LogP contribution in [0.1, 0.15) is 22.5 Å². The zero-order valence-corrected chi connectivity index (χ0v) is 10.8. The normalized spacial score (nSPS) is 15.2. The molecule has 2 heterocycles. The Balaban J connectivity index is 1.76. The van der Waals surface area contributed by atoms with Gasteiger partial charge in [0.05, 0.1) is 18.0 Å². The van der Waals surface area contributed by atoms with Crippen LogP contribution in [-0.4, -0.2) is 26.5 Å². The molecule has 1 aliphatic heterocycles. The maximum atomic E-state index is 9.29. The minimum Gasteiger partial charge on any atom is -0.390 e. The molecule has 4 nitrogen and oxygen atoms in total. The van der Waals surface area contributed by atoms with Gasteiger partial charge in [-0.3, -0.25) is 4.90 Å². The number of aliphatic hydroxyl groups excluding tert-OH is 1. The molecular weight excluding hydrogens is 238 g/mol. The van der Waals surface area contributed by atoms with Gasteiger partial charge in [0, 0.05) is 25.2 Å². The van der Waals surface area contributed by atoms with E-state index in [0.29, 0.717) is 0 Å². The fourth-order valence-electron chi connectivity index (χ4n) is 2.59. The van der Waals surface area contributed by atoms with E-state index in [-0.39, 0.29) is 6.61 Å². The Morgan fingerprint density at radius 2 is 2.00 bits per heavy atom. The lowest BCUT2D eigenvalue weighted by molar-refractivity contribution is 0.234. The van der Waals surface area contributed by atoms with E-state index in [1.807, 2.05) is 6.07 Å². The van der Waals surface area contributed by atoms with Gasteiger partial charge in [-0.05, 0) is 12.0 Å². The molecule has 0 unspecified atom stereocenters. The van der Waals surface area contributed by atoms with Crippen LogP contribution in [-0.2, 0) is 26.1 Å². The number of benzene rings is 1. The van der Waals surface area contributed by atoms with Crippen molar-refractivity contribution in [2.24, 2.45) is 0 Å². The smallest absolute Gasteiger partial charge is 0.116 e. The van der Waals surface area contributed by atoms with Crippen LogP contribution in [0.5, 0.6) is 0 Å². The number of hydrogen-bond acceptors (Lipinski definition) is 4. The largest absolute Gasteiger partial charge is 0.390 e. The Morgan fingerprint density at radius 3 is 2.79 bits per heavy atom. The molecular formula is C15H17N3O. The highest BCUT2D eigenvalue weighted by Gasteiger charge is 2.20. The van der Waals surface area contributed by atoms with Gasteiger partial charge in [0.2, 0.25) is 0 Å². The van der Waals surface area contributed by atoms with Crippen molar-refractivity contribution in [2.45, 2.75) is 26.1 Å². The molecule has 1 aromatic carbocycles. The summed E-state index contributed by atoms with van der Waals surface area (Å²) in [6, 6.07) is 10.5. The van der Waals surface area contributed by atoms with Gasteiger partial charge in [0.15, 0.2) is 0 Å². The maximum Gasteiger partial charge on any atom is 0.116 e. The van der Waals surface area contributed by atoms with Gasteiger partial charge >= 0.3 is 0 Å². The van der Waals surface area contributed by atoms with E-state index in [2.05, 4.69) is 39.1 Å². The highest BCUT2D eigenvalue weighted by molar-refractivity contribution is 5.27. The second-order valence-corrected chi connectivity index (χ2v) is 4.85. The summed E-state index contributed by atoms with van der Waals surface area (Å²) in [6.07, 6.45) is 2.47. The first-order valence-corrected chi connectivity index (χ1v) is 6.55. The zero-order valence-electron chi connectivity index (χ0n) is 10.8. The first kappa shape index (κ1) is 12.3. The van der Waals surface area contributed by atoms with Gasteiger partial charge < -0.3 is 5.11 Å². The fourth-order valence-corrected chi connectivity index (χ4v) is 2.59. The van der Waals surface area contributed by atoms with Gasteiger partial charge in [-0.2, -0.15) is 0 Å². The van der Waals surface area contributed by atoms with E-state index in [4.69, 9.17) is 0 Å². The van der Waals surface area contributed by atoms with Gasteiger partial charge in [0.1, 0.15) is 6.33 Å². The Morgan fingerprint density at radius 1 is 1.16 bits per heavy atom. The number of aromatic nitrogens is 2. The van der Waals surface area contributed by atoms with Crippen LogP contribution in [0.2, 0.25) is 0 Å². The molecule has 1 aliphatic rings. The average molecular weight is 255 g/mol. The van der Waals surface area contributed by atoms with E-state index in [0.717, 1.165) is 43.0 Å². The molecule has 19 heavy (non-hydrogen) atoms. The van der Waals surface area contributed by atoms with Gasteiger partial charge in [-0.25, -0.2) is 9.97 Å². The molecule has 0 saturated heterocycles. The molecule has 4 heteroatoms. The number of rotatable bonds is 3. The van der Waals surface area contributed by atoms with Crippen LogP contribution in [0.4, 0.5) is 0 Å². The monoisotopic (exact) mass is 255 g/mol. The lowest BCUT2D eigenvalue weighted by atomic mass is 10.0. The SMILES string of the molecule is OCc1ncnc2c1CCN(Cc1ccccc1)C2. The fraction of sp³-hybridized carbons (Fsp3) is 0.333. The molecule has 0 saturated carbocycles. The van der Waals surface area contributed by atoms with Crippen LogP contribution in [0.15, 0.2) is 36.7 Å². The highest BCUT2D eigenvalue weighted by Crippen LogP contribution is 2.20. The number of hydrogen-bond donors (Lipinski definition) is 1. The van der Waals surface area contributed by atoms with E-state index < -0.39 is 0 Å². The van der Waals surface area contributed by atoms with Crippen molar-refractivity contribution in [3.05, 3.63) is 59.2 Å². The van der Waals surface area contributed by atoms with Crippen molar-refractivity contribution in [1.82, 2.24) is 14.9 Å². The summed E-state index contributed by atoms with van der Waals surface area (Å²) in [4.78, 5) is 10.9. The summed E-state index contributed by atoms with van der Waals surface area (Å²) in [5, 5.41) is 9.29. The molecule has 98 valence electrons. The second-order valence-electron chi connectivity index (χ2n) is 4.85. The van der Waals surface area contributed by atoms with Gasteiger partial charge in [-0.15, -0.1) is 0 Å². The lowest BCUT2D eigenvalue weighted by Gasteiger charge is -2.28. The molecule has 0 fully saturated rings. The predicted octanol–water partition coefficient (Wildman–Crippen LogP) is 1.53. The lowest BCUT2D eigenvalue weighted by Crippen LogP contribution is -2.31. The molecule has 1 aromatic heterocycles. The van der Waals surface area contributed by atoms with Crippen LogP contribution < -0.4 is 0 Å². The molecule has 0 spiro atoms. The molecule has 0 radical (unpaired) electrons. The third-order valence-electron chi connectivity index (χ3n) is 3.57. The van der Waals surface area contributed by atoms with Crippen molar-refractivity contribution in [3.8, 4) is 0 Å². The summed E-state index contributed by atoms with van der Waals surface area (Å²) < 4.78 is 0. The van der Waals surface area contributed by atoms with Crippen LogP contribution >= 0.6 is 0 Å². The van der Waals surface area contributed by atoms with Crippen molar-refractivity contribution in [2.75, 3.05) is 6.54 Å². The van der Waals surface area contributed by atoms with Crippen LogP contribution in [0.25, 0.3) is 0 Å². The highest BCUT2D eigenvalue weighted by atomic mass is 16.3. The molecule has 0 atom stereocenters. The molecule has 0 aliphatic carbocycles. The zero-order chi connectivity index (χ0) is 13.1. The number of aliphatic hydroxyl groups is 1. The van der Waals surface area contributed by atoms with Gasteiger partial charge in [0.25, 0.3) is 0 Å². The Hall–Kier alpha value is -1.78. The van der Waals surface area contributed by atoms with Crippen LogP contribution in [0, 0.1) is 0 Å². The minimum absolute atomic E-state index is 0.00351. The third kappa shape index (κ3) is 2.64. The first-order chi connectivity index (χ1) is 9.36. The van der Waals surface area contributed by atoms with Crippen molar-refractivity contribution < 1.29 is 5.11 Å². The van der Waals surface area contributed by atoms with E-state index in [1.54, 1.807) is 6.33 Å².